The van der Waals surface area contributed by atoms with Crippen molar-refractivity contribution in [3.63, 3.8) is 0 Å². The van der Waals surface area contributed by atoms with Crippen molar-refractivity contribution in [2.45, 2.75) is 6.61 Å². The molecule has 0 bridgehead atoms. The Labute approximate surface area is 128 Å². The third-order valence-electron chi connectivity index (χ3n) is 2.61. The van der Waals surface area contributed by atoms with E-state index in [-0.39, 0.29) is 17.3 Å². The normalized spacial score (nSPS) is 10.3. The van der Waals surface area contributed by atoms with E-state index >= 15 is 0 Å². The predicted molar refractivity (Wildman–Crippen MR) is 80.7 cm³/mol. The summed E-state index contributed by atoms with van der Waals surface area (Å²) in [6.45, 7) is -0.0248. The molecule has 0 aromatic heterocycles. The molecule has 0 aliphatic heterocycles. The highest BCUT2D eigenvalue weighted by molar-refractivity contribution is 9.10. The molecule has 0 atom stereocenters. The molecule has 0 heterocycles. The minimum Gasteiger partial charge on any atom is -0.486 e. The first-order valence-corrected chi connectivity index (χ1v) is 6.83. The Morgan fingerprint density at radius 2 is 1.95 bits per heavy atom. The first-order valence-electron chi connectivity index (χ1n) is 5.63. The lowest BCUT2D eigenvalue weighted by molar-refractivity contribution is 0.289. The van der Waals surface area contributed by atoms with E-state index in [1.54, 1.807) is 6.07 Å². The van der Waals surface area contributed by atoms with Crippen molar-refractivity contribution < 1.29 is 13.5 Å². The van der Waals surface area contributed by atoms with Crippen LogP contribution in [0.4, 0.5) is 8.78 Å². The molecule has 2 aromatic rings. The van der Waals surface area contributed by atoms with Crippen molar-refractivity contribution in [1.82, 2.24) is 0 Å². The van der Waals surface area contributed by atoms with E-state index in [1.807, 2.05) is 0 Å². The van der Waals surface area contributed by atoms with E-state index in [1.165, 1.54) is 30.3 Å². The summed E-state index contributed by atoms with van der Waals surface area (Å²) < 4.78 is 32.8. The highest BCUT2D eigenvalue weighted by Gasteiger charge is 2.09. The summed E-state index contributed by atoms with van der Waals surface area (Å²) in [7, 11) is 0. The van der Waals surface area contributed by atoms with Gasteiger partial charge >= 0.3 is 0 Å². The maximum absolute atomic E-state index is 13.6. The zero-order valence-electron chi connectivity index (χ0n) is 10.2. The Balaban J connectivity index is 2.22. The van der Waals surface area contributed by atoms with E-state index in [0.29, 0.717) is 15.6 Å². The van der Waals surface area contributed by atoms with Gasteiger partial charge in [0.1, 0.15) is 17.4 Å². The molecule has 0 amide bonds. The van der Waals surface area contributed by atoms with Gasteiger partial charge in [-0.15, -0.1) is 0 Å². The first kappa shape index (κ1) is 14.9. The van der Waals surface area contributed by atoms with Crippen molar-refractivity contribution in [2.75, 3.05) is 0 Å². The second-order valence-electron chi connectivity index (χ2n) is 4.03. The number of halogens is 3. The van der Waals surface area contributed by atoms with Gasteiger partial charge in [0, 0.05) is 15.6 Å². The van der Waals surface area contributed by atoms with E-state index in [9.17, 15) is 8.78 Å². The van der Waals surface area contributed by atoms with Crippen molar-refractivity contribution in [2.24, 2.45) is 5.73 Å². The molecular formula is C14H10BrF2NOS. The van der Waals surface area contributed by atoms with Crippen molar-refractivity contribution >= 4 is 33.1 Å². The molecule has 104 valence electrons. The van der Waals surface area contributed by atoms with Gasteiger partial charge in [-0.05, 0) is 36.4 Å². The van der Waals surface area contributed by atoms with Gasteiger partial charge in [-0.1, -0.05) is 28.1 Å². The molecular weight excluding hydrogens is 348 g/mol. The van der Waals surface area contributed by atoms with Crippen molar-refractivity contribution in [3.05, 3.63) is 63.6 Å². The standard InChI is InChI=1S/C14H10BrF2NOS/c15-9-1-4-13(12(17)6-9)19-7-8-5-10(16)2-3-11(8)14(18)20/h1-6H,7H2,(H2,18,20). The Morgan fingerprint density at radius 3 is 2.60 bits per heavy atom. The maximum Gasteiger partial charge on any atom is 0.166 e. The quantitative estimate of drug-likeness (QED) is 0.841. The molecule has 2 N–H and O–H groups in total. The van der Waals surface area contributed by atoms with Crippen LogP contribution in [0.25, 0.3) is 0 Å². The van der Waals surface area contributed by atoms with E-state index < -0.39 is 11.6 Å². The average molecular weight is 358 g/mol. The molecule has 2 aromatic carbocycles. The Kier molecular flexibility index (Phi) is 4.67. The molecule has 2 nitrogen and oxygen atoms in total. The van der Waals surface area contributed by atoms with E-state index in [4.69, 9.17) is 22.7 Å². The third-order valence-corrected chi connectivity index (χ3v) is 3.32. The van der Waals surface area contributed by atoms with Crippen LogP contribution in [0.3, 0.4) is 0 Å². The Morgan fingerprint density at radius 1 is 1.20 bits per heavy atom. The summed E-state index contributed by atoms with van der Waals surface area (Å²) in [6.07, 6.45) is 0. The first-order chi connectivity index (χ1) is 9.47. The number of nitrogens with two attached hydrogens (primary N) is 1. The fourth-order valence-electron chi connectivity index (χ4n) is 1.67. The number of hydrogen-bond acceptors (Lipinski definition) is 2. The number of hydrogen-bond donors (Lipinski definition) is 1. The molecule has 0 saturated heterocycles. The smallest absolute Gasteiger partial charge is 0.166 e. The molecule has 0 spiro atoms. The van der Waals surface area contributed by atoms with E-state index in [2.05, 4.69) is 15.9 Å². The largest absolute Gasteiger partial charge is 0.486 e. The molecule has 0 unspecified atom stereocenters. The minimum absolute atomic E-state index is 0.0248. The third kappa shape index (κ3) is 3.52. The highest BCUT2D eigenvalue weighted by Crippen LogP contribution is 2.23. The van der Waals surface area contributed by atoms with Crippen LogP contribution in [0.5, 0.6) is 5.75 Å². The van der Waals surface area contributed by atoms with Crippen LogP contribution in [-0.2, 0) is 6.61 Å². The van der Waals surface area contributed by atoms with Crippen molar-refractivity contribution in [3.8, 4) is 5.75 Å². The van der Waals surface area contributed by atoms with Crippen LogP contribution in [-0.4, -0.2) is 4.99 Å². The number of rotatable bonds is 4. The van der Waals surface area contributed by atoms with Crippen LogP contribution >= 0.6 is 28.1 Å². The summed E-state index contributed by atoms with van der Waals surface area (Å²) in [5.41, 5.74) is 6.54. The van der Waals surface area contributed by atoms with Gasteiger partial charge in [0.2, 0.25) is 0 Å². The lowest BCUT2D eigenvalue weighted by Crippen LogP contribution is -2.14. The molecule has 0 fully saturated rings. The maximum atomic E-state index is 13.6. The van der Waals surface area contributed by atoms with Gasteiger partial charge in [0.25, 0.3) is 0 Å². The second-order valence-corrected chi connectivity index (χ2v) is 5.38. The summed E-state index contributed by atoms with van der Waals surface area (Å²) in [5, 5.41) is 0. The fourth-order valence-corrected chi connectivity index (χ4v) is 2.20. The van der Waals surface area contributed by atoms with Crippen molar-refractivity contribution in [1.29, 1.82) is 0 Å². The molecule has 0 aliphatic carbocycles. The Hall–Kier alpha value is -1.53. The molecule has 6 heteroatoms. The van der Waals surface area contributed by atoms with Gasteiger partial charge in [-0.25, -0.2) is 8.78 Å². The lowest BCUT2D eigenvalue weighted by Gasteiger charge is -2.11. The molecule has 0 radical (unpaired) electrons. The van der Waals surface area contributed by atoms with Gasteiger partial charge in [0.15, 0.2) is 11.6 Å². The zero-order chi connectivity index (χ0) is 14.7. The topological polar surface area (TPSA) is 35.2 Å². The van der Waals surface area contributed by atoms with Crippen LogP contribution < -0.4 is 10.5 Å². The number of ether oxygens (including phenoxy) is 1. The average Bonchev–Trinajstić information content (AvgIpc) is 2.37. The SMILES string of the molecule is NC(=S)c1ccc(F)cc1COc1ccc(Br)cc1F. The summed E-state index contributed by atoms with van der Waals surface area (Å²) >= 11 is 8.04. The molecule has 2 rings (SSSR count). The monoisotopic (exact) mass is 357 g/mol. The summed E-state index contributed by atoms with van der Waals surface area (Å²) in [6, 6.07) is 8.44. The van der Waals surface area contributed by atoms with Crippen LogP contribution in [0.2, 0.25) is 0 Å². The number of benzene rings is 2. The van der Waals surface area contributed by atoms with E-state index in [0.717, 1.165) is 0 Å². The highest BCUT2D eigenvalue weighted by atomic mass is 79.9. The van der Waals surface area contributed by atoms with Gasteiger partial charge in [0.05, 0.1) is 0 Å². The van der Waals surface area contributed by atoms with Crippen LogP contribution in [0.1, 0.15) is 11.1 Å². The predicted octanol–water partition coefficient (Wildman–Crippen LogP) is 3.94. The summed E-state index contributed by atoms with van der Waals surface area (Å²) in [5.74, 6) is -0.862. The fraction of sp³-hybridized carbons (Fsp3) is 0.0714. The molecule has 0 aliphatic rings. The Bertz CT molecular complexity index is 664. The summed E-state index contributed by atoms with van der Waals surface area (Å²) in [4.78, 5) is 0.139. The minimum atomic E-state index is -0.507. The number of thiocarbonyl (C=S) groups is 1. The zero-order valence-corrected chi connectivity index (χ0v) is 12.6. The van der Waals surface area contributed by atoms with Gasteiger partial charge in [-0.3, -0.25) is 0 Å². The van der Waals surface area contributed by atoms with Crippen LogP contribution in [0, 0.1) is 11.6 Å². The molecule has 20 heavy (non-hydrogen) atoms. The molecule has 0 saturated carbocycles. The van der Waals surface area contributed by atoms with Crippen LogP contribution in [0.15, 0.2) is 40.9 Å². The van der Waals surface area contributed by atoms with Gasteiger partial charge in [-0.2, -0.15) is 0 Å². The second kappa shape index (κ2) is 6.28. The lowest BCUT2D eigenvalue weighted by atomic mass is 10.1. The van der Waals surface area contributed by atoms with Gasteiger partial charge < -0.3 is 10.5 Å².